The summed E-state index contributed by atoms with van der Waals surface area (Å²) in [6.45, 7) is 10.3. The third-order valence-corrected chi connectivity index (χ3v) is 5.08. The molecule has 5 heteroatoms. The highest BCUT2D eigenvalue weighted by Gasteiger charge is 2.32. The van der Waals surface area contributed by atoms with E-state index in [4.69, 9.17) is 0 Å². The maximum absolute atomic E-state index is 11.4. The molecule has 122 valence electrons. The van der Waals surface area contributed by atoms with Crippen LogP contribution in [-0.4, -0.2) is 71.7 Å². The van der Waals surface area contributed by atoms with Gasteiger partial charge in [0.15, 0.2) is 0 Å². The van der Waals surface area contributed by atoms with Gasteiger partial charge in [0, 0.05) is 12.6 Å². The first-order valence-electron chi connectivity index (χ1n) is 8.50. The summed E-state index contributed by atoms with van der Waals surface area (Å²) >= 11 is 0. The van der Waals surface area contributed by atoms with Crippen LogP contribution in [0.4, 0.5) is 0 Å². The Labute approximate surface area is 128 Å². The van der Waals surface area contributed by atoms with Gasteiger partial charge in [-0.15, -0.1) is 0 Å². The highest BCUT2D eigenvalue weighted by atomic mass is 16.4. The van der Waals surface area contributed by atoms with Crippen molar-refractivity contribution in [1.29, 1.82) is 0 Å². The largest absolute Gasteiger partial charge is 0.480 e. The lowest BCUT2D eigenvalue weighted by molar-refractivity contribution is -0.144. The number of carboxylic acid groups (broad SMARTS) is 1. The van der Waals surface area contributed by atoms with E-state index in [1.165, 1.54) is 38.9 Å². The Hall–Kier alpha value is -0.650. The molecule has 0 saturated carbocycles. The third-order valence-electron chi connectivity index (χ3n) is 5.08. The smallest absolute Gasteiger partial charge is 0.323 e. The van der Waals surface area contributed by atoms with Gasteiger partial charge in [-0.25, -0.2) is 0 Å². The Morgan fingerprint density at radius 3 is 2.81 bits per heavy atom. The van der Waals surface area contributed by atoms with Gasteiger partial charge in [-0.05, 0) is 71.8 Å². The molecule has 0 radical (unpaired) electrons. The van der Waals surface area contributed by atoms with Crippen LogP contribution in [0, 0.1) is 0 Å². The summed E-state index contributed by atoms with van der Waals surface area (Å²) in [6, 6.07) is 0.743. The molecule has 2 heterocycles. The van der Waals surface area contributed by atoms with E-state index in [0.717, 1.165) is 25.6 Å². The topological polar surface area (TPSA) is 55.8 Å². The van der Waals surface area contributed by atoms with Crippen LogP contribution in [0.3, 0.4) is 0 Å². The second-order valence-electron chi connectivity index (χ2n) is 6.76. The molecule has 0 bridgehead atoms. The molecule has 0 amide bonds. The fraction of sp³-hybridized carbons (Fsp3) is 0.938. The zero-order chi connectivity index (χ0) is 15.3. The van der Waals surface area contributed by atoms with E-state index in [9.17, 15) is 9.90 Å². The molecule has 2 aliphatic rings. The van der Waals surface area contributed by atoms with Gasteiger partial charge in [-0.3, -0.25) is 9.69 Å². The van der Waals surface area contributed by atoms with Gasteiger partial charge in [0.05, 0.1) is 0 Å². The van der Waals surface area contributed by atoms with E-state index in [1.54, 1.807) is 6.92 Å². The first-order valence-corrected chi connectivity index (χ1v) is 8.50. The van der Waals surface area contributed by atoms with Crippen molar-refractivity contribution < 1.29 is 9.90 Å². The summed E-state index contributed by atoms with van der Waals surface area (Å²) < 4.78 is 0. The summed E-state index contributed by atoms with van der Waals surface area (Å²) in [5.74, 6) is -0.734. The predicted molar refractivity (Wildman–Crippen MR) is 84.6 cm³/mol. The van der Waals surface area contributed by atoms with Gasteiger partial charge in [-0.2, -0.15) is 0 Å². The van der Waals surface area contributed by atoms with E-state index in [-0.39, 0.29) is 0 Å². The number of carboxylic acids is 1. The highest BCUT2D eigenvalue weighted by Crippen LogP contribution is 2.22. The summed E-state index contributed by atoms with van der Waals surface area (Å²) in [7, 11) is 0. The number of carbonyl (C=O) groups is 1. The number of likely N-dealkylation sites (N-methyl/N-ethyl adjacent to an activating group) is 1. The Balaban J connectivity index is 1.78. The zero-order valence-electron chi connectivity index (χ0n) is 13.6. The Bertz CT molecular complexity index is 350. The average molecular weight is 297 g/mol. The number of hydrogen-bond donors (Lipinski definition) is 2. The van der Waals surface area contributed by atoms with Crippen molar-refractivity contribution in [2.45, 2.75) is 57.5 Å². The quantitative estimate of drug-likeness (QED) is 0.744. The Morgan fingerprint density at radius 1 is 1.33 bits per heavy atom. The first kappa shape index (κ1) is 16.7. The number of nitrogens with one attached hydrogen (secondary N) is 1. The molecule has 0 aromatic rings. The van der Waals surface area contributed by atoms with Gasteiger partial charge < -0.3 is 15.3 Å². The number of hydrogen-bond acceptors (Lipinski definition) is 4. The monoisotopic (exact) mass is 297 g/mol. The van der Waals surface area contributed by atoms with Crippen molar-refractivity contribution in [3.8, 4) is 0 Å². The number of nitrogens with zero attached hydrogens (tertiary/aromatic N) is 2. The molecule has 2 N–H and O–H groups in total. The van der Waals surface area contributed by atoms with Crippen LogP contribution in [0.1, 0.15) is 46.0 Å². The maximum atomic E-state index is 11.4. The van der Waals surface area contributed by atoms with Crippen molar-refractivity contribution in [2.75, 3.05) is 39.3 Å². The van der Waals surface area contributed by atoms with Gasteiger partial charge in [0.1, 0.15) is 5.54 Å². The summed E-state index contributed by atoms with van der Waals surface area (Å²) in [6.07, 6.45) is 5.57. The van der Waals surface area contributed by atoms with Crippen LogP contribution >= 0.6 is 0 Å². The van der Waals surface area contributed by atoms with E-state index in [1.807, 2.05) is 6.92 Å². The fourth-order valence-electron chi connectivity index (χ4n) is 3.80. The van der Waals surface area contributed by atoms with E-state index < -0.39 is 11.5 Å². The molecule has 0 aliphatic carbocycles. The Morgan fingerprint density at radius 2 is 2.10 bits per heavy atom. The second-order valence-corrected chi connectivity index (χ2v) is 6.76. The number of aliphatic carboxylic acids is 1. The highest BCUT2D eigenvalue weighted by molar-refractivity contribution is 5.78. The zero-order valence-corrected chi connectivity index (χ0v) is 13.6. The molecule has 0 aromatic heterocycles. The third kappa shape index (κ3) is 4.41. The first-order chi connectivity index (χ1) is 10.0. The van der Waals surface area contributed by atoms with E-state index in [0.29, 0.717) is 13.0 Å². The molecular weight excluding hydrogens is 266 g/mol. The van der Waals surface area contributed by atoms with Gasteiger partial charge in [0.2, 0.25) is 0 Å². The number of fused-ring (bicyclic) bond motifs is 1. The normalized spacial score (nSPS) is 27.0. The molecule has 21 heavy (non-hydrogen) atoms. The van der Waals surface area contributed by atoms with Crippen LogP contribution in [0.2, 0.25) is 0 Å². The molecule has 2 aliphatic heterocycles. The predicted octanol–water partition coefficient (Wildman–Crippen LogP) is 1.39. The van der Waals surface area contributed by atoms with Crippen LogP contribution in [-0.2, 0) is 4.79 Å². The minimum absolute atomic E-state index is 0.695. The molecule has 2 unspecified atom stereocenters. The lowest BCUT2D eigenvalue weighted by Crippen LogP contribution is -2.49. The number of rotatable bonds is 7. The standard InChI is InChI=1S/C16H31N3O2/c1-3-17-16(2,15(20)21)8-5-9-18-10-6-12-19-11-4-7-14(19)13-18/h14,17H,3-13H2,1-2H3,(H,20,21). The van der Waals surface area contributed by atoms with Gasteiger partial charge in [0.25, 0.3) is 0 Å². The Kier molecular flexibility index (Phi) is 6.02. The lowest BCUT2D eigenvalue weighted by Gasteiger charge is -2.29. The molecule has 2 atom stereocenters. The SMILES string of the molecule is CCNC(C)(CCCN1CCCN2CCCC2C1)C(=O)O. The summed E-state index contributed by atoms with van der Waals surface area (Å²) in [5, 5.41) is 12.5. The molecule has 2 saturated heterocycles. The molecule has 2 fully saturated rings. The maximum Gasteiger partial charge on any atom is 0.323 e. The van der Waals surface area contributed by atoms with Crippen molar-refractivity contribution in [2.24, 2.45) is 0 Å². The summed E-state index contributed by atoms with van der Waals surface area (Å²) in [5.41, 5.74) is -0.778. The minimum atomic E-state index is -0.778. The van der Waals surface area contributed by atoms with Crippen molar-refractivity contribution in [3.63, 3.8) is 0 Å². The van der Waals surface area contributed by atoms with Crippen LogP contribution in [0.5, 0.6) is 0 Å². The van der Waals surface area contributed by atoms with Crippen molar-refractivity contribution >= 4 is 5.97 Å². The summed E-state index contributed by atoms with van der Waals surface area (Å²) in [4.78, 5) is 16.6. The lowest BCUT2D eigenvalue weighted by atomic mass is 9.95. The molecule has 2 rings (SSSR count). The average Bonchev–Trinajstić information content (AvgIpc) is 2.77. The van der Waals surface area contributed by atoms with Crippen LogP contribution in [0.25, 0.3) is 0 Å². The van der Waals surface area contributed by atoms with Gasteiger partial charge >= 0.3 is 5.97 Å². The molecule has 5 nitrogen and oxygen atoms in total. The van der Waals surface area contributed by atoms with Crippen LogP contribution in [0.15, 0.2) is 0 Å². The van der Waals surface area contributed by atoms with Crippen molar-refractivity contribution in [3.05, 3.63) is 0 Å². The van der Waals surface area contributed by atoms with Crippen LogP contribution < -0.4 is 5.32 Å². The molecular formula is C16H31N3O2. The second kappa shape index (κ2) is 7.56. The van der Waals surface area contributed by atoms with E-state index >= 15 is 0 Å². The fourth-order valence-corrected chi connectivity index (χ4v) is 3.80. The molecule has 0 aromatic carbocycles. The van der Waals surface area contributed by atoms with Gasteiger partial charge in [-0.1, -0.05) is 6.92 Å². The van der Waals surface area contributed by atoms with E-state index in [2.05, 4.69) is 15.1 Å². The molecule has 0 spiro atoms. The van der Waals surface area contributed by atoms with Crippen molar-refractivity contribution in [1.82, 2.24) is 15.1 Å². The minimum Gasteiger partial charge on any atom is -0.480 e.